The number of pyridine rings is 1. The second kappa shape index (κ2) is 5.99. The fraction of sp³-hybridized carbons (Fsp3) is 0.308. The van der Waals surface area contributed by atoms with Gasteiger partial charge < -0.3 is 14.1 Å². The summed E-state index contributed by atoms with van der Waals surface area (Å²) in [5.41, 5.74) is 1.26. The molecule has 0 aliphatic heterocycles. The molecule has 2 aromatic heterocycles. The standard InChI is InChI=1S/C13H15N3O3/c1-3-18-12(17)11-9-19-13(15-11)16(2)8-10-4-6-14-7-5-10/h4-7,9H,3,8H2,1-2H3. The first-order valence-corrected chi connectivity index (χ1v) is 5.93. The van der Waals surface area contributed by atoms with Gasteiger partial charge in [0.2, 0.25) is 0 Å². The highest BCUT2D eigenvalue weighted by Crippen LogP contribution is 2.15. The maximum Gasteiger partial charge on any atom is 0.360 e. The first-order chi connectivity index (χ1) is 9.20. The molecule has 0 N–H and O–H groups in total. The summed E-state index contributed by atoms with van der Waals surface area (Å²) in [5.74, 6) is -0.477. The largest absolute Gasteiger partial charge is 0.461 e. The lowest BCUT2D eigenvalue weighted by atomic mass is 10.2. The van der Waals surface area contributed by atoms with E-state index in [4.69, 9.17) is 9.15 Å². The summed E-state index contributed by atoms with van der Waals surface area (Å²) in [6.45, 7) is 2.67. The van der Waals surface area contributed by atoms with Crippen LogP contribution in [0.5, 0.6) is 0 Å². The number of esters is 1. The van der Waals surface area contributed by atoms with Gasteiger partial charge in [-0.25, -0.2) is 4.79 Å². The van der Waals surface area contributed by atoms with Crippen molar-refractivity contribution in [2.75, 3.05) is 18.6 Å². The average molecular weight is 261 g/mol. The number of anilines is 1. The van der Waals surface area contributed by atoms with Gasteiger partial charge in [-0.15, -0.1) is 0 Å². The molecule has 0 aliphatic rings. The summed E-state index contributed by atoms with van der Waals surface area (Å²) in [6, 6.07) is 4.19. The molecule has 0 amide bonds. The summed E-state index contributed by atoms with van der Waals surface area (Å²) >= 11 is 0. The van der Waals surface area contributed by atoms with Gasteiger partial charge in [-0.3, -0.25) is 4.98 Å². The average Bonchev–Trinajstić information content (AvgIpc) is 2.90. The van der Waals surface area contributed by atoms with Crippen molar-refractivity contribution in [2.24, 2.45) is 0 Å². The van der Waals surface area contributed by atoms with Crippen LogP contribution < -0.4 is 4.90 Å². The van der Waals surface area contributed by atoms with E-state index in [1.54, 1.807) is 24.2 Å². The lowest BCUT2D eigenvalue weighted by Crippen LogP contribution is -2.17. The lowest BCUT2D eigenvalue weighted by Gasteiger charge is -2.13. The first kappa shape index (κ1) is 13.1. The van der Waals surface area contributed by atoms with Gasteiger partial charge in [0.1, 0.15) is 6.26 Å². The van der Waals surface area contributed by atoms with Gasteiger partial charge in [-0.2, -0.15) is 4.98 Å². The number of hydrogen-bond acceptors (Lipinski definition) is 6. The number of nitrogens with zero attached hydrogens (tertiary/aromatic N) is 3. The van der Waals surface area contributed by atoms with Crippen molar-refractivity contribution in [3.05, 3.63) is 42.0 Å². The predicted octanol–water partition coefficient (Wildman–Crippen LogP) is 1.88. The van der Waals surface area contributed by atoms with Crippen molar-refractivity contribution in [1.29, 1.82) is 0 Å². The van der Waals surface area contributed by atoms with Crippen LogP contribution in [0.2, 0.25) is 0 Å². The van der Waals surface area contributed by atoms with Gasteiger partial charge >= 0.3 is 5.97 Å². The minimum Gasteiger partial charge on any atom is -0.461 e. The zero-order valence-electron chi connectivity index (χ0n) is 10.9. The van der Waals surface area contributed by atoms with E-state index in [0.29, 0.717) is 19.2 Å². The Morgan fingerprint density at radius 2 is 2.16 bits per heavy atom. The van der Waals surface area contributed by atoms with Crippen LogP contribution in [0.15, 0.2) is 35.2 Å². The van der Waals surface area contributed by atoms with Crippen LogP contribution in [0.4, 0.5) is 6.01 Å². The molecule has 0 radical (unpaired) electrons. The topological polar surface area (TPSA) is 68.5 Å². The summed E-state index contributed by atoms with van der Waals surface area (Å²) in [6.07, 6.45) is 4.75. The second-order valence-electron chi connectivity index (χ2n) is 3.95. The molecular formula is C13H15N3O3. The molecule has 6 nitrogen and oxygen atoms in total. The number of ether oxygens (including phenoxy) is 1. The minimum absolute atomic E-state index is 0.179. The minimum atomic E-state index is -0.477. The van der Waals surface area contributed by atoms with Crippen molar-refractivity contribution in [3.63, 3.8) is 0 Å². The molecule has 0 spiro atoms. The lowest BCUT2D eigenvalue weighted by molar-refractivity contribution is 0.0519. The van der Waals surface area contributed by atoms with Crippen LogP contribution in [0, 0.1) is 0 Å². The Balaban J connectivity index is 2.04. The maximum atomic E-state index is 11.5. The van der Waals surface area contributed by atoms with Crippen LogP contribution in [0.3, 0.4) is 0 Å². The van der Waals surface area contributed by atoms with Crippen molar-refractivity contribution < 1.29 is 13.9 Å². The third-order valence-electron chi connectivity index (χ3n) is 2.47. The Bertz CT molecular complexity index is 539. The van der Waals surface area contributed by atoms with E-state index in [1.807, 2.05) is 19.2 Å². The Hall–Kier alpha value is -2.37. The fourth-order valence-electron chi connectivity index (χ4n) is 1.57. The van der Waals surface area contributed by atoms with Crippen LogP contribution in [0.1, 0.15) is 23.0 Å². The van der Waals surface area contributed by atoms with E-state index in [0.717, 1.165) is 5.56 Å². The van der Waals surface area contributed by atoms with Crippen molar-refractivity contribution in [1.82, 2.24) is 9.97 Å². The third kappa shape index (κ3) is 3.31. The Labute approximate surface area is 111 Å². The fourth-order valence-corrected chi connectivity index (χ4v) is 1.57. The highest BCUT2D eigenvalue weighted by Gasteiger charge is 2.15. The molecule has 100 valence electrons. The van der Waals surface area contributed by atoms with Crippen LogP contribution in [-0.4, -0.2) is 29.6 Å². The van der Waals surface area contributed by atoms with Crippen LogP contribution >= 0.6 is 0 Å². The summed E-state index contributed by atoms with van der Waals surface area (Å²) < 4.78 is 10.1. The highest BCUT2D eigenvalue weighted by atomic mass is 16.5. The van der Waals surface area contributed by atoms with E-state index in [1.165, 1.54) is 6.26 Å². The SMILES string of the molecule is CCOC(=O)c1coc(N(C)Cc2ccncc2)n1. The van der Waals surface area contributed by atoms with Gasteiger partial charge in [0, 0.05) is 26.0 Å². The summed E-state index contributed by atoms with van der Waals surface area (Å²) in [5, 5.41) is 0. The zero-order valence-corrected chi connectivity index (χ0v) is 10.9. The molecule has 2 aromatic rings. The molecule has 0 saturated carbocycles. The molecule has 0 aromatic carbocycles. The van der Waals surface area contributed by atoms with Crippen LogP contribution in [0.25, 0.3) is 0 Å². The molecule has 0 fully saturated rings. The molecule has 0 bridgehead atoms. The molecule has 6 heteroatoms. The van der Waals surface area contributed by atoms with Gasteiger partial charge in [0.25, 0.3) is 6.01 Å². The number of rotatable bonds is 5. The molecule has 19 heavy (non-hydrogen) atoms. The molecule has 0 unspecified atom stereocenters. The number of carbonyl (C=O) groups excluding carboxylic acids is 1. The smallest absolute Gasteiger partial charge is 0.360 e. The molecule has 0 atom stereocenters. The number of carbonyl (C=O) groups is 1. The quantitative estimate of drug-likeness (QED) is 0.765. The first-order valence-electron chi connectivity index (χ1n) is 5.93. The molecule has 0 saturated heterocycles. The third-order valence-corrected chi connectivity index (χ3v) is 2.47. The second-order valence-corrected chi connectivity index (χ2v) is 3.95. The Morgan fingerprint density at radius 1 is 1.42 bits per heavy atom. The normalized spacial score (nSPS) is 10.2. The van der Waals surface area contributed by atoms with Crippen molar-refractivity contribution in [2.45, 2.75) is 13.5 Å². The van der Waals surface area contributed by atoms with Gasteiger partial charge in [0.05, 0.1) is 6.61 Å². The molecule has 2 heterocycles. The Morgan fingerprint density at radius 3 is 2.84 bits per heavy atom. The maximum absolute atomic E-state index is 11.5. The summed E-state index contributed by atoms with van der Waals surface area (Å²) in [4.78, 5) is 21.3. The van der Waals surface area contributed by atoms with Crippen molar-refractivity contribution in [3.8, 4) is 0 Å². The molecular weight excluding hydrogens is 246 g/mol. The van der Waals surface area contributed by atoms with Gasteiger partial charge in [-0.05, 0) is 24.6 Å². The number of aromatic nitrogens is 2. The molecule has 2 rings (SSSR count). The monoisotopic (exact) mass is 261 g/mol. The van der Waals surface area contributed by atoms with Crippen molar-refractivity contribution >= 4 is 12.0 Å². The molecule has 0 aliphatic carbocycles. The van der Waals surface area contributed by atoms with E-state index >= 15 is 0 Å². The van der Waals surface area contributed by atoms with E-state index in [-0.39, 0.29) is 5.69 Å². The van der Waals surface area contributed by atoms with E-state index < -0.39 is 5.97 Å². The zero-order chi connectivity index (χ0) is 13.7. The number of oxazole rings is 1. The summed E-state index contributed by atoms with van der Waals surface area (Å²) in [7, 11) is 1.83. The van der Waals surface area contributed by atoms with E-state index in [9.17, 15) is 4.79 Å². The van der Waals surface area contributed by atoms with Crippen LogP contribution in [-0.2, 0) is 11.3 Å². The van der Waals surface area contributed by atoms with E-state index in [2.05, 4.69) is 9.97 Å². The van der Waals surface area contributed by atoms with Gasteiger partial charge in [0.15, 0.2) is 5.69 Å². The Kier molecular flexibility index (Phi) is 4.12. The van der Waals surface area contributed by atoms with Gasteiger partial charge in [-0.1, -0.05) is 0 Å². The predicted molar refractivity (Wildman–Crippen MR) is 68.8 cm³/mol. The highest BCUT2D eigenvalue weighted by molar-refractivity contribution is 5.87. The number of hydrogen-bond donors (Lipinski definition) is 0.